The highest BCUT2D eigenvalue weighted by Gasteiger charge is 2.31. The number of rotatable bonds is 6. The Hall–Kier alpha value is -0.910. The van der Waals surface area contributed by atoms with Crippen LogP contribution in [0.15, 0.2) is 12.2 Å². The van der Waals surface area contributed by atoms with E-state index < -0.39 is 5.60 Å². The van der Waals surface area contributed by atoms with E-state index >= 15 is 0 Å². The summed E-state index contributed by atoms with van der Waals surface area (Å²) in [5.74, 6) is -0.341. The summed E-state index contributed by atoms with van der Waals surface area (Å²) in [6.07, 6.45) is 3.71. The molecule has 0 radical (unpaired) electrons. The molecule has 0 bridgehead atoms. The fourth-order valence-electron chi connectivity index (χ4n) is 1.47. The molecule has 5 nitrogen and oxygen atoms in total. The normalized spacial score (nSPS) is 25.1. The Balaban J connectivity index is 2.09. The van der Waals surface area contributed by atoms with Crippen molar-refractivity contribution in [1.29, 1.82) is 0 Å². The van der Waals surface area contributed by atoms with Crippen LogP contribution in [0.3, 0.4) is 0 Å². The van der Waals surface area contributed by atoms with Crippen LogP contribution in [0.5, 0.6) is 0 Å². The highest BCUT2D eigenvalue weighted by atomic mass is 16.5. The lowest BCUT2D eigenvalue weighted by atomic mass is 10.0. The molecule has 0 amide bonds. The summed E-state index contributed by atoms with van der Waals surface area (Å²) in [7, 11) is 0. The zero-order valence-corrected chi connectivity index (χ0v) is 9.57. The summed E-state index contributed by atoms with van der Waals surface area (Å²) >= 11 is 0. The summed E-state index contributed by atoms with van der Waals surface area (Å²) in [5.41, 5.74) is -0.752. The number of hydrogen-bond donors (Lipinski definition) is 2. The Labute approximate surface area is 95.4 Å². The van der Waals surface area contributed by atoms with E-state index in [1.54, 1.807) is 13.0 Å². The first-order valence-corrected chi connectivity index (χ1v) is 5.50. The van der Waals surface area contributed by atoms with Crippen molar-refractivity contribution in [2.45, 2.75) is 18.9 Å². The Morgan fingerprint density at radius 1 is 1.69 bits per heavy atom. The van der Waals surface area contributed by atoms with Gasteiger partial charge in [0.15, 0.2) is 0 Å². The summed E-state index contributed by atoms with van der Waals surface area (Å²) in [6, 6.07) is 0. The number of carbonyl (C=O) groups excluding carboxylic acids is 1. The molecule has 1 unspecified atom stereocenters. The van der Waals surface area contributed by atoms with Crippen LogP contribution in [0.4, 0.5) is 0 Å². The zero-order valence-electron chi connectivity index (χ0n) is 9.57. The van der Waals surface area contributed by atoms with Crippen LogP contribution in [0.25, 0.3) is 0 Å². The molecule has 16 heavy (non-hydrogen) atoms. The van der Waals surface area contributed by atoms with E-state index in [1.165, 1.54) is 6.08 Å². The predicted molar refractivity (Wildman–Crippen MR) is 59.0 cm³/mol. The third kappa shape index (κ3) is 4.74. The molecule has 0 aliphatic carbocycles. The summed E-state index contributed by atoms with van der Waals surface area (Å²) < 4.78 is 9.82. The van der Waals surface area contributed by atoms with Gasteiger partial charge in [0.25, 0.3) is 0 Å². The first-order chi connectivity index (χ1) is 7.66. The molecule has 0 spiro atoms. The minimum Gasteiger partial charge on any atom is -0.463 e. The number of esters is 1. The Kier molecular flexibility index (Phi) is 5.45. The smallest absolute Gasteiger partial charge is 0.330 e. The van der Waals surface area contributed by atoms with Gasteiger partial charge >= 0.3 is 5.97 Å². The Bertz CT molecular complexity index is 246. The van der Waals surface area contributed by atoms with Gasteiger partial charge in [0.05, 0.1) is 13.2 Å². The van der Waals surface area contributed by atoms with Gasteiger partial charge < -0.3 is 19.9 Å². The van der Waals surface area contributed by atoms with Gasteiger partial charge in [-0.2, -0.15) is 0 Å². The van der Waals surface area contributed by atoms with Crippen molar-refractivity contribution < 1.29 is 19.4 Å². The molecule has 0 aromatic heterocycles. The largest absolute Gasteiger partial charge is 0.463 e. The van der Waals surface area contributed by atoms with E-state index in [0.717, 1.165) is 0 Å². The van der Waals surface area contributed by atoms with Gasteiger partial charge in [0.1, 0.15) is 5.60 Å². The van der Waals surface area contributed by atoms with Crippen LogP contribution in [-0.2, 0) is 14.3 Å². The molecule has 0 saturated carbocycles. The van der Waals surface area contributed by atoms with E-state index in [2.05, 4.69) is 5.32 Å². The van der Waals surface area contributed by atoms with Gasteiger partial charge in [-0.3, -0.25) is 0 Å². The van der Waals surface area contributed by atoms with E-state index in [9.17, 15) is 9.90 Å². The molecule has 0 aromatic rings. The number of hydrogen-bond acceptors (Lipinski definition) is 5. The Morgan fingerprint density at radius 2 is 2.50 bits per heavy atom. The molecule has 2 N–H and O–H groups in total. The quantitative estimate of drug-likeness (QED) is 0.376. The molecule has 1 fully saturated rings. The van der Waals surface area contributed by atoms with E-state index in [0.29, 0.717) is 39.3 Å². The van der Waals surface area contributed by atoms with E-state index in [-0.39, 0.29) is 5.97 Å². The van der Waals surface area contributed by atoms with Crippen molar-refractivity contribution in [3.8, 4) is 0 Å². The van der Waals surface area contributed by atoms with Crippen molar-refractivity contribution in [3.63, 3.8) is 0 Å². The van der Waals surface area contributed by atoms with Crippen LogP contribution in [0.2, 0.25) is 0 Å². The topological polar surface area (TPSA) is 67.8 Å². The van der Waals surface area contributed by atoms with Crippen molar-refractivity contribution in [2.75, 3.05) is 32.9 Å². The van der Waals surface area contributed by atoms with Gasteiger partial charge in [0, 0.05) is 32.2 Å². The van der Waals surface area contributed by atoms with Crippen molar-refractivity contribution in [1.82, 2.24) is 5.32 Å². The molecule has 1 aliphatic heterocycles. The zero-order chi connectivity index (χ0) is 11.9. The number of ether oxygens (including phenoxy) is 2. The lowest BCUT2D eigenvalue weighted by Gasteiger charge is -2.19. The lowest BCUT2D eigenvalue weighted by Crippen LogP contribution is -2.41. The van der Waals surface area contributed by atoms with Gasteiger partial charge in [-0.1, -0.05) is 6.08 Å². The summed E-state index contributed by atoms with van der Waals surface area (Å²) in [4.78, 5) is 10.9. The summed E-state index contributed by atoms with van der Waals surface area (Å²) in [6.45, 7) is 4.13. The lowest BCUT2D eigenvalue weighted by molar-refractivity contribution is -0.137. The number of carbonyl (C=O) groups is 1. The van der Waals surface area contributed by atoms with Gasteiger partial charge in [-0.15, -0.1) is 0 Å². The summed E-state index contributed by atoms with van der Waals surface area (Å²) in [5, 5.41) is 12.9. The second-order valence-corrected chi connectivity index (χ2v) is 3.81. The average molecular weight is 229 g/mol. The molecule has 1 rings (SSSR count). The van der Waals surface area contributed by atoms with Gasteiger partial charge in [-0.05, 0) is 6.92 Å². The first kappa shape index (κ1) is 13.2. The average Bonchev–Trinajstić information content (AvgIpc) is 2.65. The van der Waals surface area contributed by atoms with Gasteiger partial charge in [-0.25, -0.2) is 4.79 Å². The van der Waals surface area contributed by atoms with E-state index in [4.69, 9.17) is 9.47 Å². The third-order valence-electron chi connectivity index (χ3n) is 2.34. The number of aliphatic hydroxyl groups is 1. The highest BCUT2D eigenvalue weighted by molar-refractivity contribution is 5.81. The molecule has 1 saturated heterocycles. The SMILES string of the molecule is CCOC(=O)/C=C/CNCC1(O)CCOC1. The fourth-order valence-corrected chi connectivity index (χ4v) is 1.47. The minimum atomic E-state index is -0.752. The molecule has 5 heteroatoms. The van der Waals surface area contributed by atoms with Crippen LogP contribution in [0.1, 0.15) is 13.3 Å². The maximum atomic E-state index is 10.9. The molecule has 92 valence electrons. The molecule has 0 aromatic carbocycles. The van der Waals surface area contributed by atoms with Crippen molar-refractivity contribution in [2.24, 2.45) is 0 Å². The molecule has 1 heterocycles. The second-order valence-electron chi connectivity index (χ2n) is 3.81. The Morgan fingerprint density at radius 3 is 3.12 bits per heavy atom. The third-order valence-corrected chi connectivity index (χ3v) is 2.34. The van der Waals surface area contributed by atoms with Crippen molar-refractivity contribution >= 4 is 5.97 Å². The predicted octanol–water partition coefficient (Wildman–Crippen LogP) is -0.153. The van der Waals surface area contributed by atoms with Crippen LogP contribution >= 0.6 is 0 Å². The molecular formula is C11H19NO4. The molecule has 1 atom stereocenters. The van der Waals surface area contributed by atoms with Crippen LogP contribution in [-0.4, -0.2) is 49.6 Å². The van der Waals surface area contributed by atoms with Crippen LogP contribution in [0, 0.1) is 0 Å². The highest BCUT2D eigenvalue weighted by Crippen LogP contribution is 2.16. The van der Waals surface area contributed by atoms with E-state index in [1.807, 2.05) is 0 Å². The maximum absolute atomic E-state index is 10.9. The monoisotopic (exact) mass is 229 g/mol. The second kappa shape index (κ2) is 6.62. The number of nitrogens with one attached hydrogen (secondary N) is 1. The van der Waals surface area contributed by atoms with Crippen molar-refractivity contribution in [3.05, 3.63) is 12.2 Å². The molecular weight excluding hydrogens is 210 g/mol. The standard InChI is InChI=1S/C11H19NO4/c1-2-16-10(13)4-3-6-12-8-11(14)5-7-15-9-11/h3-4,12,14H,2,5-9H2,1H3/b4-3+. The maximum Gasteiger partial charge on any atom is 0.330 e. The van der Waals surface area contributed by atoms with Crippen LogP contribution < -0.4 is 5.32 Å². The van der Waals surface area contributed by atoms with Gasteiger partial charge in [0.2, 0.25) is 0 Å². The molecule has 1 aliphatic rings. The fraction of sp³-hybridized carbons (Fsp3) is 0.727. The minimum absolute atomic E-state index is 0.341. The first-order valence-electron chi connectivity index (χ1n) is 5.50.